The number of rotatable bonds is 5. The van der Waals surface area contributed by atoms with Gasteiger partial charge in [-0.05, 0) is 43.0 Å². The Morgan fingerprint density at radius 1 is 0.862 bits per heavy atom. The summed E-state index contributed by atoms with van der Waals surface area (Å²) in [5, 5.41) is 0. The van der Waals surface area contributed by atoms with Crippen LogP contribution >= 0.6 is 0 Å². The number of ether oxygens (including phenoxy) is 3. The van der Waals surface area contributed by atoms with Crippen molar-refractivity contribution in [1.82, 2.24) is 4.31 Å². The minimum atomic E-state index is -3.69. The van der Waals surface area contributed by atoms with Crippen molar-refractivity contribution < 1.29 is 31.0 Å². The van der Waals surface area contributed by atoms with E-state index in [1.165, 1.54) is 28.6 Å². The number of sulfone groups is 1. The van der Waals surface area contributed by atoms with E-state index in [1.807, 2.05) is 0 Å². The second-order valence-electron chi connectivity index (χ2n) is 7.82. The summed E-state index contributed by atoms with van der Waals surface area (Å²) in [4.78, 5) is 0.264. The van der Waals surface area contributed by atoms with Crippen LogP contribution in [0.1, 0.15) is 25.7 Å². The summed E-state index contributed by atoms with van der Waals surface area (Å²) in [6.07, 6.45) is 2.44. The summed E-state index contributed by atoms with van der Waals surface area (Å²) in [6.45, 7) is 2.88. The van der Waals surface area contributed by atoms with Crippen LogP contribution in [-0.2, 0) is 34.1 Å². The fraction of sp³-hybridized carbons (Fsp3) is 0.684. The van der Waals surface area contributed by atoms with Crippen molar-refractivity contribution in [1.29, 1.82) is 0 Å². The second kappa shape index (κ2) is 8.24. The predicted molar refractivity (Wildman–Crippen MR) is 105 cm³/mol. The van der Waals surface area contributed by atoms with E-state index in [9.17, 15) is 16.8 Å². The maximum atomic E-state index is 12.9. The molecule has 0 aliphatic carbocycles. The van der Waals surface area contributed by atoms with Crippen molar-refractivity contribution in [2.45, 2.75) is 41.3 Å². The first-order chi connectivity index (χ1) is 13.8. The number of piperidine rings is 1. The monoisotopic (exact) mass is 445 g/mol. The van der Waals surface area contributed by atoms with Gasteiger partial charge in [0, 0.05) is 39.1 Å². The van der Waals surface area contributed by atoms with Crippen LogP contribution in [0.4, 0.5) is 0 Å². The fourth-order valence-corrected chi connectivity index (χ4v) is 7.28. The van der Waals surface area contributed by atoms with Gasteiger partial charge < -0.3 is 14.2 Å². The average Bonchev–Trinajstić information content (AvgIpc) is 3.17. The number of sulfonamides is 1. The lowest BCUT2D eigenvalue weighted by molar-refractivity contribution is -0.179. The zero-order valence-electron chi connectivity index (χ0n) is 16.3. The van der Waals surface area contributed by atoms with Gasteiger partial charge in [0.15, 0.2) is 15.6 Å². The SMILES string of the molecule is O=S(=O)(CC1CCOCC1)c1ccc(S(=O)(=O)N2CCC3(CC2)OCCO3)cc1. The van der Waals surface area contributed by atoms with E-state index in [1.54, 1.807) is 0 Å². The topological polar surface area (TPSA) is 99.2 Å². The smallest absolute Gasteiger partial charge is 0.243 e. The molecule has 1 aromatic carbocycles. The van der Waals surface area contributed by atoms with Crippen LogP contribution in [0.2, 0.25) is 0 Å². The molecule has 4 rings (SSSR count). The molecule has 0 N–H and O–H groups in total. The van der Waals surface area contributed by atoms with Gasteiger partial charge >= 0.3 is 0 Å². The van der Waals surface area contributed by atoms with Crippen LogP contribution in [-0.4, -0.2) is 72.2 Å². The highest BCUT2D eigenvalue weighted by molar-refractivity contribution is 7.91. The molecule has 29 heavy (non-hydrogen) atoms. The Kier molecular flexibility index (Phi) is 6.02. The molecule has 162 valence electrons. The Morgan fingerprint density at radius 3 is 2.00 bits per heavy atom. The third-order valence-corrected chi connectivity index (χ3v) is 9.73. The molecule has 0 saturated carbocycles. The normalized spacial score (nSPS) is 24.1. The van der Waals surface area contributed by atoms with Crippen LogP contribution in [0.25, 0.3) is 0 Å². The van der Waals surface area contributed by atoms with E-state index in [4.69, 9.17) is 14.2 Å². The van der Waals surface area contributed by atoms with Gasteiger partial charge in [-0.1, -0.05) is 0 Å². The van der Waals surface area contributed by atoms with Crippen molar-refractivity contribution in [2.75, 3.05) is 45.3 Å². The first kappa shape index (κ1) is 21.2. The molecule has 8 nitrogen and oxygen atoms in total. The quantitative estimate of drug-likeness (QED) is 0.676. The second-order valence-corrected chi connectivity index (χ2v) is 11.8. The number of hydrogen-bond donors (Lipinski definition) is 0. The summed E-state index contributed by atoms with van der Waals surface area (Å²) >= 11 is 0. The van der Waals surface area contributed by atoms with Gasteiger partial charge in [0.2, 0.25) is 10.0 Å². The van der Waals surface area contributed by atoms with Crippen LogP contribution in [0.3, 0.4) is 0 Å². The van der Waals surface area contributed by atoms with E-state index in [-0.39, 0.29) is 21.5 Å². The molecule has 3 aliphatic heterocycles. The van der Waals surface area contributed by atoms with E-state index >= 15 is 0 Å². The molecule has 3 aliphatic rings. The molecule has 0 atom stereocenters. The highest BCUT2D eigenvalue weighted by Gasteiger charge is 2.42. The number of hydrogen-bond acceptors (Lipinski definition) is 7. The van der Waals surface area contributed by atoms with Crippen molar-refractivity contribution in [3.63, 3.8) is 0 Å². The van der Waals surface area contributed by atoms with Gasteiger partial charge in [-0.15, -0.1) is 0 Å². The van der Waals surface area contributed by atoms with Crippen LogP contribution < -0.4 is 0 Å². The Labute approximate surface area is 172 Å². The standard InChI is InChI=1S/C19H27NO7S2/c21-28(22,15-16-5-11-25-12-6-16)17-1-3-18(4-2-17)29(23,24)20-9-7-19(8-10-20)26-13-14-27-19/h1-4,16H,5-15H2. The van der Waals surface area contributed by atoms with Gasteiger partial charge in [0.25, 0.3) is 0 Å². The predicted octanol–water partition coefficient (Wildman–Crippen LogP) is 1.41. The molecule has 0 radical (unpaired) electrons. The lowest BCUT2D eigenvalue weighted by Crippen LogP contribution is -2.47. The molecular formula is C19H27NO7S2. The molecule has 1 spiro atoms. The van der Waals surface area contributed by atoms with Crippen molar-refractivity contribution >= 4 is 19.9 Å². The lowest BCUT2D eigenvalue weighted by atomic mass is 10.0. The summed E-state index contributed by atoms with van der Waals surface area (Å²) in [6, 6.07) is 5.57. The average molecular weight is 446 g/mol. The van der Waals surface area contributed by atoms with Gasteiger partial charge in [-0.3, -0.25) is 0 Å². The van der Waals surface area contributed by atoms with Gasteiger partial charge in [-0.25, -0.2) is 16.8 Å². The van der Waals surface area contributed by atoms with E-state index in [0.717, 1.165) is 12.8 Å². The molecule has 3 fully saturated rings. The van der Waals surface area contributed by atoms with Crippen LogP contribution in [0.5, 0.6) is 0 Å². The molecule has 3 heterocycles. The Balaban J connectivity index is 1.44. The van der Waals surface area contributed by atoms with Crippen LogP contribution in [0, 0.1) is 5.92 Å². The van der Waals surface area contributed by atoms with E-state index < -0.39 is 25.6 Å². The molecule has 10 heteroatoms. The third kappa shape index (κ3) is 4.52. The molecule has 1 aromatic rings. The van der Waals surface area contributed by atoms with Gasteiger partial charge in [0.05, 0.1) is 28.8 Å². The maximum absolute atomic E-state index is 12.9. The first-order valence-corrected chi connectivity index (χ1v) is 13.1. The maximum Gasteiger partial charge on any atom is 0.243 e. The van der Waals surface area contributed by atoms with Gasteiger partial charge in [0.1, 0.15) is 0 Å². The Bertz CT molecular complexity index is 906. The highest BCUT2D eigenvalue weighted by Crippen LogP contribution is 2.33. The molecular weight excluding hydrogens is 418 g/mol. The van der Waals surface area contributed by atoms with E-state index in [2.05, 4.69) is 0 Å². The minimum absolute atomic E-state index is 0.0661. The Hall–Kier alpha value is -1.04. The zero-order chi connectivity index (χ0) is 20.5. The number of benzene rings is 1. The molecule has 0 amide bonds. The lowest BCUT2D eigenvalue weighted by Gasteiger charge is -2.36. The molecule has 0 bridgehead atoms. The van der Waals surface area contributed by atoms with Gasteiger partial charge in [-0.2, -0.15) is 4.31 Å². The first-order valence-electron chi connectivity index (χ1n) is 9.99. The van der Waals surface area contributed by atoms with Crippen molar-refractivity contribution in [2.24, 2.45) is 5.92 Å². The largest absolute Gasteiger partial charge is 0.381 e. The highest BCUT2D eigenvalue weighted by atomic mass is 32.2. The zero-order valence-corrected chi connectivity index (χ0v) is 17.9. The summed E-state index contributed by atoms with van der Waals surface area (Å²) < 4.78 is 69.2. The Morgan fingerprint density at radius 2 is 1.41 bits per heavy atom. The summed E-state index contributed by atoms with van der Waals surface area (Å²) in [7, 11) is -7.15. The van der Waals surface area contributed by atoms with E-state index in [0.29, 0.717) is 52.4 Å². The van der Waals surface area contributed by atoms with Crippen molar-refractivity contribution in [3.8, 4) is 0 Å². The van der Waals surface area contributed by atoms with Crippen LogP contribution in [0.15, 0.2) is 34.1 Å². The molecule has 0 aromatic heterocycles. The summed E-state index contributed by atoms with van der Waals surface area (Å²) in [5.74, 6) is -0.497. The fourth-order valence-electron chi connectivity index (χ4n) is 4.14. The summed E-state index contributed by atoms with van der Waals surface area (Å²) in [5.41, 5.74) is 0. The minimum Gasteiger partial charge on any atom is -0.381 e. The molecule has 0 unspecified atom stereocenters. The third-order valence-electron chi connectivity index (χ3n) is 5.91. The number of nitrogens with zero attached hydrogens (tertiary/aromatic N) is 1. The molecule has 3 saturated heterocycles. The van der Waals surface area contributed by atoms with Crippen molar-refractivity contribution in [3.05, 3.63) is 24.3 Å².